The molecule has 3 heterocycles. The van der Waals surface area contributed by atoms with Crippen molar-refractivity contribution in [3.8, 4) is 17.1 Å². The van der Waals surface area contributed by atoms with Crippen LogP contribution in [0.15, 0.2) is 54.9 Å². The van der Waals surface area contributed by atoms with Gasteiger partial charge in [0.05, 0.1) is 5.69 Å². The molecule has 0 aliphatic carbocycles. The van der Waals surface area contributed by atoms with E-state index in [2.05, 4.69) is 25.1 Å². The summed E-state index contributed by atoms with van der Waals surface area (Å²) in [7, 11) is 1.90. The molecule has 0 fully saturated rings. The van der Waals surface area contributed by atoms with E-state index in [-0.39, 0.29) is 5.69 Å². The molecule has 0 saturated heterocycles. The summed E-state index contributed by atoms with van der Waals surface area (Å²) in [5, 5.41) is 11.3. The number of hydrogen-bond donors (Lipinski definition) is 1. The average Bonchev–Trinajstić information content (AvgIpc) is 3.37. The number of carbonyl (C=O) groups is 1. The number of ether oxygens (including phenoxy) is 1. The monoisotopic (exact) mass is 460 g/mol. The van der Waals surface area contributed by atoms with Crippen molar-refractivity contribution >= 4 is 11.6 Å². The molecule has 8 nitrogen and oxygen atoms in total. The van der Waals surface area contributed by atoms with E-state index in [0.717, 1.165) is 49.4 Å². The van der Waals surface area contributed by atoms with Crippen LogP contribution in [0.3, 0.4) is 0 Å². The van der Waals surface area contributed by atoms with Gasteiger partial charge in [-0.05, 0) is 55.3 Å². The van der Waals surface area contributed by atoms with Crippen LogP contribution in [0.5, 0.6) is 5.75 Å². The molecule has 1 N–H and O–H groups in total. The number of carbonyl (C=O) groups excluding carboxylic acids is 1. The second kappa shape index (κ2) is 9.46. The fourth-order valence-electron chi connectivity index (χ4n) is 4.04. The smallest absolute Gasteiger partial charge is 0.255 e. The van der Waals surface area contributed by atoms with Crippen LogP contribution in [-0.4, -0.2) is 30.2 Å². The summed E-state index contributed by atoms with van der Waals surface area (Å²) in [6, 6.07) is 11.3. The van der Waals surface area contributed by atoms with E-state index in [1.165, 1.54) is 6.07 Å². The summed E-state index contributed by atoms with van der Waals surface area (Å²) in [6.45, 7) is 1.16. The van der Waals surface area contributed by atoms with E-state index in [4.69, 9.17) is 4.74 Å². The van der Waals surface area contributed by atoms with Crippen LogP contribution in [0, 0.1) is 5.82 Å². The van der Waals surface area contributed by atoms with Crippen LogP contribution in [0.25, 0.3) is 11.4 Å². The molecule has 4 aromatic rings. The van der Waals surface area contributed by atoms with E-state index in [1.807, 2.05) is 17.8 Å². The Balaban J connectivity index is 1.29. The molecule has 5 rings (SSSR count). The summed E-state index contributed by atoms with van der Waals surface area (Å²) >= 11 is 0. The minimum atomic E-state index is -0.511. The Morgan fingerprint density at radius 2 is 1.97 bits per heavy atom. The summed E-state index contributed by atoms with van der Waals surface area (Å²) in [5.41, 5.74) is 1.21. The van der Waals surface area contributed by atoms with Gasteiger partial charge in [0.15, 0.2) is 5.82 Å². The Kier molecular flexibility index (Phi) is 6.07. The van der Waals surface area contributed by atoms with Crippen molar-refractivity contribution in [2.45, 2.75) is 38.8 Å². The lowest BCUT2D eigenvalue weighted by atomic mass is 10.1. The Morgan fingerprint density at radius 1 is 1.12 bits per heavy atom. The Bertz CT molecular complexity index is 1310. The topological polar surface area (TPSA) is 86.9 Å². The van der Waals surface area contributed by atoms with Gasteiger partial charge in [0.25, 0.3) is 5.91 Å². The molecular weight excluding hydrogens is 435 g/mol. The van der Waals surface area contributed by atoms with Crippen LogP contribution in [-0.2, 0) is 26.6 Å². The van der Waals surface area contributed by atoms with Gasteiger partial charge in [0.2, 0.25) is 0 Å². The molecule has 0 bridgehead atoms. The highest BCUT2D eigenvalue weighted by Crippen LogP contribution is 2.27. The van der Waals surface area contributed by atoms with E-state index < -0.39 is 11.7 Å². The second-order valence-corrected chi connectivity index (χ2v) is 8.32. The van der Waals surface area contributed by atoms with Gasteiger partial charge in [-0.25, -0.2) is 9.37 Å². The van der Waals surface area contributed by atoms with Crippen molar-refractivity contribution in [2.75, 3.05) is 5.32 Å². The van der Waals surface area contributed by atoms with Crippen LogP contribution in [0.4, 0.5) is 10.1 Å². The number of rotatable bonds is 6. The number of anilines is 1. The molecule has 0 spiro atoms. The van der Waals surface area contributed by atoms with Crippen molar-refractivity contribution in [3.05, 3.63) is 77.9 Å². The summed E-state index contributed by atoms with van der Waals surface area (Å²) in [5.74, 6) is 2.13. The van der Waals surface area contributed by atoms with Gasteiger partial charge >= 0.3 is 0 Å². The zero-order valence-corrected chi connectivity index (χ0v) is 18.9. The van der Waals surface area contributed by atoms with Gasteiger partial charge in [-0.2, -0.15) is 0 Å². The van der Waals surface area contributed by atoms with Crippen LogP contribution in [0.1, 0.15) is 41.3 Å². The zero-order chi connectivity index (χ0) is 23.5. The number of aryl methyl sites for hydroxylation is 2. The highest BCUT2D eigenvalue weighted by atomic mass is 19.1. The van der Waals surface area contributed by atoms with Gasteiger partial charge in [0, 0.05) is 43.5 Å². The Labute approximate surface area is 196 Å². The first-order valence-corrected chi connectivity index (χ1v) is 11.3. The van der Waals surface area contributed by atoms with Crippen molar-refractivity contribution in [2.24, 2.45) is 7.05 Å². The van der Waals surface area contributed by atoms with E-state index in [1.54, 1.807) is 42.6 Å². The van der Waals surface area contributed by atoms with Crippen LogP contribution >= 0.6 is 0 Å². The molecule has 2 aromatic carbocycles. The predicted octanol–water partition coefficient (Wildman–Crippen LogP) is 4.38. The van der Waals surface area contributed by atoms with Gasteiger partial charge in [0.1, 0.15) is 29.8 Å². The number of nitrogens with one attached hydrogen (secondary N) is 1. The molecule has 1 aliphatic heterocycles. The molecule has 0 radical (unpaired) electrons. The Hall–Kier alpha value is -4.01. The molecular formula is C25H25FN6O2. The van der Waals surface area contributed by atoms with Gasteiger partial charge in [-0.15, -0.1) is 10.2 Å². The standard InChI is InChI=1S/C25H25FN6O2/c1-31-14-12-27-23(31)16-34-19-9-6-17(7-10-19)25(33)28-21-15-18(8-11-20(21)26)24-30-29-22-5-3-2-4-13-32(22)24/h6-12,14-15H,2-5,13,16H2,1H3,(H,28,33). The third-order valence-corrected chi connectivity index (χ3v) is 5.99. The van der Waals surface area contributed by atoms with Crippen molar-refractivity contribution in [1.82, 2.24) is 24.3 Å². The van der Waals surface area contributed by atoms with Crippen molar-refractivity contribution in [1.29, 1.82) is 0 Å². The number of aromatic nitrogens is 5. The van der Waals surface area contributed by atoms with Crippen molar-refractivity contribution < 1.29 is 13.9 Å². The molecule has 0 atom stereocenters. The number of benzene rings is 2. The van der Waals surface area contributed by atoms with E-state index >= 15 is 0 Å². The lowest BCUT2D eigenvalue weighted by molar-refractivity contribution is 0.102. The summed E-state index contributed by atoms with van der Waals surface area (Å²) < 4.78 is 24.2. The molecule has 0 unspecified atom stereocenters. The van der Waals surface area contributed by atoms with Crippen molar-refractivity contribution in [3.63, 3.8) is 0 Å². The van der Waals surface area contributed by atoms with Gasteiger partial charge in [-0.3, -0.25) is 4.79 Å². The number of imidazole rings is 1. The summed E-state index contributed by atoms with van der Waals surface area (Å²) in [6.07, 6.45) is 7.75. The van der Waals surface area contributed by atoms with Crippen LogP contribution < -0.4 is 10.1 Å². The molecule has 174 valence electrons. The molecule has 34 heavy (non-hydrogen) atoms. The predicted molar refractivity (Wildman–Crippen MR) is 125 cm³/mol. The second-order valence-electron chi connectivity index (χ2n) is 8.32. The SMILES string of the molecule is Cn1ccnc1COc1ccc(C(=O)Nc2cc(-c3nnc4n3CCCCC4)ccc2F)cc1. The zero-order valence-electron chi connectivity index (χ0n) is 18.9. The van der Waals surface area contributed by atoms with E-state index in [9.17, 15) is 9.18 Å². The third kappa shape index (κ3) is 4.54. The average molecular weight is 461 g/mol. The third-order valence-electron chi connectivity index (χ3n) is 5.99. The Morgan fingerprint density at radius 3 is 2.76 bits per heavy atom. The maximum absolute atomic E-state index is 14.5. The first-order chi connectivity index (χ1) is 16.6. The molecule has 1 amide bonds. The van der Waals surface area contributed by atoms with Gasteiger partial charge in [-0.1, -0.05) is 6.42 Å². The minimum Gasteiger partial charge on any atom is -0.486 e. The first kappa shape index (κ1) is 21.8. The fraction of sp³-hybridized carbons (Fsp3) is 0.280. The molecule has 2 aromatic heterocycles. The number of fused-ring (bicyclic) bond motifs is 1. The largest absolute Gasteiger partial charge is 0.486 e. The van der Waals surface area contributed by atoms with Gasteiger partial charge < -0.3 is 19.2 Å². The maximum atomic E-state index is 14.5. The lowest BCUT2D eigenvalue weighted by Crippen LogP contribution is -2.13. The number of halogens is 1. The first-order valence-electron chi connectivity index (χ1n) is 11.3. The normalized spacial score (nSPS) is 13.2. The maximum Gasteiger partial charge on any atom is 0.255 e. The molecule has 9 heteroatoms. The number of amides is 1. The number of nitrogens with zero attached hydrogens (tertiary/aromatic N) is 5. The number of hydrogen-bond acceptors (Lipinski definition) is 5. The lowest BCUT2D eigenvalue weighted by Gasteiger charge is -2.11. The highest BCUT2D eigenvalue weighted by molar-refractivity contribution is 6.04. The van der Waals surface area contributed by atoms with Crippen LogP contribution in [0.2, 0.25) is 0 Å². The fourth-order valence-corrected chi connectivity index (χ4v) is 4.04. The summed E-state index contributed by atoms with van der Waals surface area (Å²) in [4.78, 5) is 17.0. The minimum absolute atomic E-state index is 0.101. The quantitative estimate of drug-likeness (QED) is 0.462. The molecule has 1 aliphatic rings. The molecule has 0 saturated carbocycles. The highest BCUT2D eigenvalue weighted by Gasteiger charge is 2.18. The van der Waals surface area contributed by atoms with E-state index in [0.29, 0.717) is 23.7 Å².